The van der Waals surface area contributed by atoms with Crippen molar-refractivity contribution < 1.29 is 13.5 Å². The Morgan fingerprint density at radius 3 is 2.43 bits per heavy atom. The summed E-state index contributed by atoms with van der Waals surface area (Å²) in [6.07, 6.45) is 1.87. The van der Waals surface area contributed by atoms with Gasteiger partial charge in [0.25, 0.3) is 5.56 Å². The number of aromatic nitrogens is 4. The van der Waals surface area contributed by atoms with E-state index >= 15 is 0 Å². The number of rotatable bonds is 6. The molecule has 35 heavy (non-hydrogen) atoms. The number of benzene rings is 2. The number of nitrogens with zero attached hydrogens (tertiary/aromatic N) is 5. The number of hydrogen-bond acceptors (Lipinski definition) is 4. The summed E-state index contributed by atoms with van der Waals surface area (Å²) in [5.74, 6) is -0.639. The first-order chi connectivity index (χ1) is 16.8. The van der Waals surface area contributed by atoms with Crippen molar-refractivity contribution in [1.82, 2.24) is 18.7 Å². The summed E-state index contributed by atoms with van der Waals surface area (Å²) < 4.78 is 38.9. The van der Waals surface area contributed by atoms with Gasteiger partial charge in [-0.15, -0.1) is 0 Å². The number of methoxy groups -OCH3 is 1. The zero-order chi connectivity index (χ0) is 24.9. The van der Waals surface area contributed by atoms with Crippen LogP contribution in [0.25, 0.3) is 11.2 Å². The van der Waals surface area contributed by atoms with Crippen molar-refractivity contribution in [3.05, 3.63) is 85.9 Å². The lowest BCUT2D eigenvalue weighted by molar-refractivity contribution is 0.414. The van der Waals surface area contributed by atoms with Crippen LogP contribution in [-0.4, -0.2) is 31.8 Å². The fourth-order valence-corrected chi connectivity index (χ4v) is 4.72. The van der Waals surface area contributed by atoms with Crippen molar-refractivity contribution in [3.63, 3.8) is 0 Å². The van der Waals surface area contributed by atoms with Crippen LogP contribution in [0.1, 0.15) is 36.9 Å². The van der Waals surface area contributed by atoms with Crippen molar-refractivity contribution in [2.45, 2.75) is 38.4 Å². The molecule has 1 fully saturated rings. The van der Waals surface area contributed by atoms with Gasteiger partial charge >= 0.3 is 0 Å². The molecule has 5 rings (SSSR count). The van der Waals surface area contributed by atoms with Gasteiger partial charge in [0.1, 0.15) is 23.0 Å². The van der Waals surface area contributed by atoms with E-state index in [2.05, 4.69) is 20.9 Å². The minimum atomic E-state index is -0.697. The minimum absolute atomic E-state index is 0.113. The molecule has 1 aliphatic rings. The van der Waals surface area contributed by atoms with E-state index in [-0.39, 0.29) is 17.1 Å². The third-order valence-corrected chi connectivity index (χ3v) is 6.85. The van der Waals surface area contributed by atoms with E-state index in [1.165, 1.54) is 16.7 Å². The lowest BCUT2D eigenvalue weighted by atomic mass is 10.1. The summed E-state index contributed by atoms with van der Waals surface area (Å²) in [4.78, 5) is 23.1. The number of ether oxygens (including phenoxy) is 1. The van der Waals surface area contributed by atoms with Gasteiger partial charge in [0.15, 0.2) is 10.3 Å². The Morgan fingerprint density at radius 1 is 1.17 bits per heavy atom. The second-order valence-corrected chi connectivity index (χ2v) is 9.47. The van der Waals surface area contributed by atoms with Gasteiger partial charge in [-0.05, 0) is 71.1 Å². The molecule has 0 saturated heterocycles. The maximum Gasteiger partial charge on any atom is 0.283 e. The van der Waals surface area contributed by atoms with E-state index in [0.717, 1.165) is 30.2 Å². The summed E-state index contributed by atoms with van der Waals surface area (Å²) >= 11 is 3.51. The standard InChI is InChI=1S/C25H24BrF2N5O2/c1-14(16-10-17(27)12-18(28)11-16)33-23(34)21-22(31(2)25(33)29-19-6-7-19)32(24(26)30-21)13-15-4-8-20(35-3)9-5-15/h4-5,8-12,14,19H,6-7,13H2,1-3H3/b29-25+. The number of hydrogen-bond donors (Lipinski definition) is 0. The molecule has 1 atom stereocenters. The van der Waals surface area contributed by atoms with Crippen LogP contribution in [0.3, 0.4) is 0 Å². The van der Waals surface area contributed by atoms with Crippen LogP contribution < -0.4 is 15.9 Å². The Hall–Kier alpha value is -3.27. The Balaban J connectivity index is 1.72. The van der Waals surface area contributed by atoms with Gasteiger partial charge in [-0.1, -0.05) is 12.1 Å². The van der Waals surface area contributed by atoms with Gasteiger partial charge in [-0.3, -0.25) is 18.5 Å². The maximum atomic E-state index is 14.0. The highest BCUT2D eigenvalue weighted by Gasteiger charge is 2.25. The van der Waals surface area contributed by atoms with Crippen molar-refractivity contribution in [2.24, 2.45) is 12.0 Å². The molecule has 7 nitrogen and oxygen atoms in total. The molecule has 1 saturated carbocycles. The molecule has 1 aliphatic carbocycles. The second-order valence-electron chi connectivity index (χ2n) is 8.76. The second kappa shape index (κ2) is 9.07. The SMILES string of the molecule is COc1ccc(Cn2c(Br)nc3c(=O)n(C(C)c4cc(F)cc(F)c4)/c(=N/C4CC4)n(C)c32)cc1. The van der Waals surface area contributed by atoms with E-state index in [0.29, 0.717) is 28.1 Å². The summed E-state index contributed by atoms with van der Waals surface area (Å²) in [6.45, 7) is 2.20. The molecule has 0 bridgehead atoms. The van der Waals surface area contributed by atoms with E-state index < -0.39 is 17.7 Å². The fourth-order valence-electron chi connectivity index (χ4n) is 4.25. The molecule has 10 heteroatoms. The number of aryl methyl sites for hydroxylation is 1. The molecule has 4 aromatic rings. The lowest BCUT2D eigenvalue weighted by Crippen LogP contribution is -2.42. The largest absolute Gasteiger partial charge is 0.497 e. The van der Waals surface area contributed by atoms with Crippen LogP contribution in [0, 0.1) is 11.6 Å². The van der Waals surface area contributed by atoms with Crippen molar-refractivity contribution in [1.29, 1.82) is 0 Å². The Kier molecular flexibility index (Phi) is 6.08. The first-order valence-corrected chi connectivity index (χ1v) is 12.1. The third-order valence-electron chi connectivity index (χ3n) is 6.25. The van der Waals surface area contributed by atoms with E-state index in [9.17, 15) is 13.6 Å². The fraction of sp³-hybridized carbons (Fsp3) is 0.320. The topological polar surface area (TPSA) is 66.3 Å². The molecule has 0 radical (unpaired) electrons. The average molecular weight is 544 g/mol. The number of imidazole rings is 1. The summed E-state index contributed by atoms with van der Waals surface area (Å²) in [7, 11) is 3.45. The summed E-state index contributed by atoms with van der Waals surface area (Å²) in [5.41, 5.74) is 2.25. The molecule has 182 valence electrons. The molecule has 0 spiro atoms. The van der Waals surface area contributed by atoms with Crippen molar-refractivity contribution >= 4 is 27.1 Å². The molecule has 2 aromatic heterocycles. The molecular formula is C25H24BrF2N5O2. The Labute approximate surface area is 208 Å². The van der Waals surface area contributed by atoms with Gasteiger partial charge in [0.2, 0.25) is 5.62 Å². The highest BCUT2D eigenvalue weighted by molar-refractivity contribution is 9.10. The van der Waals surface area contributed by atoms with Gasteiger partial charge in [-0.25, -0.2) is 18.8 Å². The molecule has 0 N–H and O–H groups in total. The van der Waals surface area contributed by atoms with E-state index in [1.54, 1.807) is 14.0 Å². The van der Waals surface area contributed by atoms with Crippen LogP contribution in [-0.2, 0) is 13.6 Å². The normalized spacial score (nSPS) is 15.1. The van der Waals surface area contributed by atoms with E-state index in [1.807, 2.05) is 40.4 Å². The Bertz CT molecular complexity index is 1530. The van der Waals surface area contributed by atoms with Crippen molar-refractivity contribution in [3.8, 4) is 5.75 Å². The monoisotopic (exact) mass is 543 g/mol. The van der Waals surface area contributed by atoms with Gasteiger partial charge in [0.05, 0.1) is 25.7 Å². The molecule has 1 unspecified atom stereocenters. The van der Waals surface area contributed by atoms with Crippen LogP contribution in [0.4, 0.5) is 8.78 Å². The molecule has 2 heterocycles. The molecular weight excluding hydrogens is 520 g/mol. The predicted octanol–water partition coefficient (Wildman–Crippen LogP) is 4.31. The van der Waals surface area contributed by atoms with Crippen LogP contribution in [0.15, 0.2) is 57.0 Å². The highest BCUT2D eigenvalue weighted by Crippen LogP contribution is 2.25. The molecule has 0 amide bonds. The smallest absolute Gasteiger partial charge is 0.283 e. The zero-order valence-electron chi connectivity index (χ0n) is 19.5. The van der Waals surface area contributed by atoms with Crippen molar-refractivity contribution in [2.75, 3.05) is 7.11 Å². The predicted molar refractivity (Wildman–Crippen MR) is 132 cm³/mol. The molecule has 0 aliphatic heterocycles. The van der Waals surface area contributed by atoms with Gasteiger partial charge in [-0.2, -0.15) is 0 Å². The number of halogens is 3. The zero-order valence-corrected chi connectivity index (χ0v) is 21.1. The lowest BCUT2D eigenvalue weighted by Gasteiger charge is -2.19. The quantitative estimate of drug-likeness (QED) is 0.340. The average Bonchev–Trinajstić information content (AvgIpc) is 3.59. The third kappa shape index (κ3) is 4.42. The first kappa shape index (κ1) is 23.5. The first-order valence-electron chi connectivity index (χ1n) is 11.3. The Morgan fingerprint density at radius 2 is 1.83 bits per heavy atom. The van der Waals surface area contributed by atoms with E-state index in [4.69, 9.17) is 9.73 Å². The highest BCUT2D eigenvalue weighted by atomic mass is 79.9. The maximum absolute atomic E-state index is 14.0. The van der Waals surface area contributed by atoms with Gasteiger partial charge < -0.3 is 4.74 Å². The van der Waals surface area contributed by atoms with Crippen LogP contribution in [0.2, 0.25) is 0 Å². The van der Waals surface area contributed by atoms with Crippen LogP contribution in [0.5, 0.6) is 5.75 Å². The minimum Gasteiger partial charge on any atom is -0.497 e. The summed E-state index contributed by atoms with van der Waals surface area (Å²) in [5, 5.41) is 0. The van der Waals surface area contributed by atoms with Crippen LogP contribution >= 0.6 is 15.9 Å². The summed E-state index contributed by atoms with van der Waals surface area (Å²) in [6, 6.07) is 10.4. The molecule has 2 aromatic carbocycles. The van der Waals surface area contributed by atoms with Gasteiger partial charge in [0, 0.05) is 13.1 Å². The number of fused-ring (bicyclic) bond motifs is 1.